The number of carbonyl (C=O) groups excluding carboxylic acids is 1. The van der Waals surface area contributed by atoms with Gasteiger partial charge in [-0.3, -0.25) is 4.79 Å². The van der Waals surface area contributed by atoms with E-state index in [2.05, 4.69) is 10.3 Å². The Balaban J connectivity index is 1.63. The molecule has 20 heavy (non-hydrogen) atoms. The highest BCUT2D eigenvalue weighted by Crippen LogP contribution is 2.23. The number of furan rings is 1. The van der Waals surface area contributed by atoms with E-state index in [0.717, 1.165) is 0 Å². The number of carboxylic acid groups (broad SMARTS) is 1. The van der Waals surface area contributed by atoms with Gasteiger partial charge in [0.25, 0.3) is 5.91 Å². The average Bonchev–Trinajstić information content (AvgIpc) is 2.96. The van der Waals surface area contributed by atoms with Crippen molar-refractivity contribution in [1.82, 2.24) is 19.9 Å². The second kappa shape index (κ2) is 4.48. The summed E-state index contributed by atoms with van der Waals surface area (Å²) in [6.45, 7) is 2.73. The number of aromatic carboxylic acids is 1. The number of hydrogen-bond acceptors (Lipinski definition) is 5. The fourth-order valence-electron chi connectivity index (χ4n) is 2.08. The molecule has 2 aromatic rings. The molecule has 0 aliphatic carbocycles. The number of amides is 1. The number of likely N-dealkylation sites (tertiary alicyclic amines) is 1. The molecule has 8 heteroatoms. The summed E-state index contributed by atoms with van der Waals surface area (Å²) in [5, 5.41) is 16.1. The number of nitrogens with zero attached hydrogens (tertiary/aromatic N) is 4. The number of aromatic nitrogens is 3. The van der Waals surface area contributed by atoms with Gasteiger partial charge in [0.05, 0.1) is 17.8 Å². The van der Waals surface area contributed by atoms with Crippen molar-refractivity contribution in [2.45, 2.75) is 13.0 Å². The minimum Gasteiger partial charge on any atom is -0.476 e. The lowest BCUT2D eigenvalue weighted by Gasteiger charge is -2.38. The highest BCUT2D eigenvalue weighted by molar-refractivity contribution is 5.94. The van der Waals surface area contributed by atoms with Crippen molar-refractivity contribution in [2.75, 3.05) is 13.1 Å². The Labute approximate surface area is 113 Å². The first kappa shape index (κ1) is 12.4. The minimum atomic E-state index is -1.11. The molecule has 0 unspecified atom stereocenters. The summed E-state index contributed by atoms with van der Waals surface area (Å²) in [5.41, 5.74) is 0.422. The lowest BCUT2D eigenvalue weighted by molar-refractivity contribution is 0.0496. The number of carbonyl (C=O) groups is 2. The largest absolute Gasteiger partial charge is 0.476 e. The van der Waals surface area contributed by atoms with Gasteiger partial charge in [0.15, 0.2) is 5.69 Å². The van der Waals surface area contributed by atoms with Gasteiger partial charge in [0.2, 0.25) is 0 Å². The molecule has 1 aliphatic rings. The van der Waals surface area contributed by atoms with Crippen molar-refractivity contribution in [2.24, 2.45) is 0 Å². The van der Waals surface area contributed by atoms with Crippen LogP contribution < -0.4 is 0 Å². The molecule has 2 aromatic heterocycles. The molecule has 8 nitrogen and oxygen atoms in total. The fourth-order valence-corrected chi connectivity index (χ4v) is 2.08. The van der Waals surface area contributed by atoms with Gasteiger partial charge in [-0.2, -0.15) is 0 Å². The Morgan fingerprint density at radius 1 is 1.45 bits per heavy atom. The van der Waals surface area contributed by atoms with Crippen LogP contribution in [0.5, 0.6) is 0 Å². The zero-order valence-corrected chi connectivity index (χ0v) is 10.7. The monoisotopic (exact) mass is 276 g/mol. The molecule has 0 atom stereocenters. The molecular weight excluding hydrogens is 264 g/mol. The van der Waals surface area contributed by atoms with Gasteiger partial charge in [0.1, 0.15) is 12.0 Å². The Hall–Kier alpha value is -2.64. The molecule has 0 radical (unpaired) electrons. The van der Waals surface area contributed by atoms with Crippen molar-refractivity contribution in [3.63, 3.8) is 0 Å². The van der Waals surface area contributed by atoms with Crippen molar-refractivity contribution in [3.8, 4) is 0 Å². The summed E-state index contributed by atoms with van der Waals surface area (Å²) in [4.78, 5) is 24.4. The third-order valence-corrected chi connectivity index (χ3v) is 3.23. The molecule has 1 fully saturated rings. The van der Waals surface area contributed by atoms with E-state index in [1.807, 2.05) is 0 Å². The molecule has 1 aliphatic heterocycles. The number of carboxylic acids is 1. The Bertz CT molecular complexity index is 669. The Morgan fingerprint density at radius 2 is 2.20 bits per heavy atom. The highest BCUT2D eigenvalue weighted by atomic mass is 16.4. The van der Waals surface area contributed by atoms with E-state index >= 15 is 0 Å². The van der Waals surface area contributed by atoms with E-state index in [1.165, 1.54) is 17.1 Å². The molecule has 0 bridgehead atoms. The van der Waals surface area contributed by atoms with Gasteiger partial charge >= 0.3 is 5.97 Å². The molecule has 1 amide bonds. The zero-order chi connectivity index (χ0) is 14.3. The molecule has 3 heterocycles. The van der Waals surface area contributed by atoms with Gasteiger partial charge in [-0.05, 0) is 13.0 Å². The summed E-state index contributed by atoms with van der Waals surface area (Å²) < 4.78 is 6.59. The van der Waals surface area contributed by atoms with E-state index in [1.54, 1.807) is 17.9 Å². The van der Waals surface area contributed by atoms with Gasteiger partial charge in [-0.25, -0.2) is 9.48 Å². The molecule has 0 aromatic carbocycles. The van der Waals surface area contributed by atoms with Gasteiger partial charge in [0, 0.05) is 13.1 Å². The van der Waals surface area contributed by atoms with Crippen LogP contribution in [0.4, 0.5) is 0 Å². The first-order valence-corrected chi connectivity index (χ1v) is 6.04. The molecule has 104 valence electrons. The standard InChI is InChI=1S/C12H12N4O4/c1-7-2-8(6-20-7)11(17)15-3-9(4-15)16-5-10(12(18)19)13-14-16/h2,5-6,9H,3-4H2,1H3,(H,18,19). The van der Waals surface area contributed by atoms with Gasteiger partial charge in [-0.1, -0.05) is 5.21 Å². The van der Waals surface area contributed by atoms with Crippen molar-refractivity contribution in [1.29, 1.82) is 0 Å². The van der Waals surface area contributed by atoms with E-state index in [9.17, 15) is 9.59 Å². The zero-order valence-electron chi connectivity index (χ0n) is 10.7. The van der Waals surface area contributed by atoms with E-state index in [0.29, 0.717) is 24.4 Å². The number of aryl methyl sites for hydroxylation is 1. The third kappa shape index (κ3) is 2.04. The van der Waals surface area contributed by atoms with Crippen LogP contribution in [0.3, 0.4) is 0 Å². The van der Waals surface area contributed by atoms with Crippen LogP contribution in [-0.2, 0) is 0 Å². The third-order valence-electron chi connectivity index (χ3n) is 3.23. The van der Waals surface area contributed by atoms with Gasteiger partial charge < -0.3 is 14.4 Å². The predicted molar refractivity (Wildman–Crippen MR) is 65.4 cm³/mol. The van der Waals surface area contributed by atoms with Gasteiger partial charge in [-0.15, -0.1) is 5.10 Å². The lowest BCUT2D eigenvalue weighted by Crippen LogP contribution is -2.50. The predicted octanol–water partition coefficient (Wildman–Crippen LogP) is 0.575. The maximum absolute atomic E-state index is 12.1. The van der Waals surface area contributed by atoms with E-state index in [-0.39, 0.29) is 17.6 Å². The second-order valence-electron chi connectivity index (χ2n) is 4.70. The van der Waals surface area contributed by atoms with Crippen LogP contribution in [0.2, 0.25) is 0 Å². The summed E-state index contributed by atoms with van der Waals surface area (Å²) in [7, 11) is 0. The minimum absolute atomic E-state index is 0.0347. The van der Waals surface area contributed by atoms with Crippen LogP contribution in [0.1, 0.15) is 32.6 Å². The fraction of sp³-hybridized carbons (Fsp3) is 0.333. The smallest absolute Gasteiger partial charge is 0.358 e. The van der Waals surface area contributed by atoms with Crippen LogP contribution in [-0.4, -0.2) is 50.0 Å². The van der Waals surface area contributed by atoms with Crippen LogP contribution in [0.15, 0.2) is 22.9 Å². The lowest BCUT2D eigenvalue weighted by atomic mass is 10.1. The molecule has 1 N–H and O–H groups in total. The quantitative estimate of drug-likeness (QED) is 0.879. The SMILES string of the molecule is Cc1cc(C(=O)N2CC(n3cc(C(=O)O)nn3)C2)co1. The maximum atomic E-state index is 12.1. The summed E-state index contributed by atoms with van der Waals surface area (Å²) in [6, 6.07) is 1.65. The molecular formula is C12H12N4O4. The first-order valence-electron chi connectivity index (χ1n) is 6.04. The topological polar surface area (TPSA) is 101 Å². The van der Waals surface area contributed by atoms with Crippen molar-refractivity contribution < 1.29 is 19.1 Å². The highest BCUT2D eigenvalue weighted by Gasteiger charge is 2.34. The Kier molecular flexibility index (Phi) is 2.78. The summed E-state index contributed by atoms with van der Waals surface area (Å²) in [5.74, 6) is -0.526. The van der Waals surface area contributed by atoms with Crippen molar-refractivity contribution >= 4 is 11.9 Å². The molecule has 1 saturated heterocycles. The average molecular weight is 276 g/mol. The van der Waals surface area contributed by atoms with E-state index < -0.39 is 5.97 Å². The van der Waals surface area contributed by atoms with Crippen LogP contribution in [0, 0.1) is 6.92 Å². The van der Waals surface area contributed by atoms with E-state index in [4.69, 9.17) is 9.52 Å². The molecule has 3 rings (SSSR count). The van der Waals surface area contributed by atoms with Crippen LogP contribution in [0.25, 0.3) is 0 Å². The van der Waals surface area contributed by atoms with Crippen LogP contribution >= 0.6 is 0 Å². The summed E-state index contributed by atoms with van der Waals surface area (Å²) >= 11 is 0. The number of hydrogen-bond donors (Lipinski definition) is 1. The van der Waals surface area contributed by atoms with Crippen molar-refractivity contribution in [3.05, 3.63) is 35.5 Å². The number of rotatable bonds is 3. The normalized spacial score (nSPS) is 15.2. The molecule has 0 spiro atoms. The molecule has 0 saturated carbocycles. The summed E-state index contributed by atoms with van der Waals surface area (Å²) in [6.07, 6.45) is 2.81. The second-order valence-corrected chi connectivity index (χ2v) is 4.70. The Morgan fingerprint density at radius 3 is 2.75 bits per heavy atom. The first-order chi connectivity index (χ1) is 9.54. The maximum Gasteiger partial charge on any atom is 0.358 e.